The molecule has 0 aliphatic carbocycles. The molecule has 0 fully saturated rings. The summed E-state index contributed by atoms with van der Waals surface area (Å²) in [5, 5.41) is 0. The summed E-state index contributed by atoms with van der Waals surface area (Å²) in [5.74, 6) is -2.40. The van der Waals surface area contributed by atoms with Gasteiger partial charge in [0.25, 0.3) is 0 Å². The molecule has 0 saturated heterocycles. The molecular weight excluding hydrogens is 1320 g/mol. The van der Waals surface area contributed by atoms with E-state index in [0.717, 1.165) is 205 Å². The van der Waals surface area contributed by atoms with Gasteiger partial charge >= 0.3 is 47.8 Å². The van der Waals surface area contributed by atoms with Crippen molar-refractivity contribution in [2.24, 2.45) is 5.41 Å². The number of carbonyl (C=O) groups excluding carboxylic acids is 8. The first-order chi connectivity index (χ1) is 51.1. The first-order valence-electron chi connectivity index (χ1n) is 44.5. The van der Waals surface area contributed by atoms with Crippen molar-refractivity contribution in [3.05, 3.63) is 0 Å². The van der Waals surface area contributed by atoms with Crippen LogP contribution in [0.25, 0.3) is 0 Å². The third-order valence-electron chi connectivity index (χ3n) is 20.7. The second-order valence-electron chi connectivity index (χ2n) is 30.9. The minimum absolute atomic E-state index is 0.0703. The number of esters is 8. The van der Waals surface area contributed by atoms with Crippen molar-refractivity contribution in [1.29, 1.82) is 0 Å². The second-order valence-corrected chi connectivity index (χ2v) is 30.9. The summed E-state index contributed by atoms with van der Waals surface area (Å²) in [7, 11) is 0. The maximum Gasteiger partial charge on any atom is 0.305 e. The van der Waals surface area contributed by atoms with E-state index >= 15 is 0 Å². The molecule has 0 aromatic carbocycles. The van der Waals surface area contributed by atoms with Crippen molar-refractivity contribution in [2.75, 3.05) is 26.4 Å². The number of hydrogen-bond donors (Lipinski definition) is 0. The molecule has 0 amide bonds. The van der Waals surface area contributed by atoms with E-state index in [1.54, 1.807) is 0 Å². The highest BCUT2D eigenvalue weighted by molar-refractivity contribution is 5.72. The number of hydrogen-bond acceptors (Lipinski definition) is 16. The van der Waals surface area contributed by atoms with Gasteiger partial charge in [-0.05, 0) is 128 Å². The molecule has 0 aromatic heterocycles. The van der Waals surface area contributed by atoms with Gasteiger partial charge in [-0.2, -0.15) is 0 Å². The molecule has 16 nitrogen and oxygen atoms in total. The van der Waals surface area contributed by atoms with E-state index in [9.17, 15) is 38.4 Å². The van der Waals surface area contributed by atoms with Crippen LogP contribution in [0.15, 0.2) is 0 Å². The van der Waals surface area contributed by atoms with Gasteiger partial charge in [0.2, 0.25) is 0 Å². The number of carbonyl (C=O) groups is 8. The predicted molar refractivity (Wildman–Crippen MR) is 427 cm³/mol. The average molecular weight is 1490 g/mol. The van der Waals surface area contributed by atoms with E-state index in [0.29, 0.717) is 51.4 Å². The van der Waals surface area contributed by atoms with Crippen LogP contribution in [0, 0.1) is 5.41 Å². The first-order valence-corrected chi connectivity index (χ1v) is 44.5. The highest BCUT2D eigenvalue weighted by atomic mass is 16.6. The molecular formula is C89H164O16. The quantitative estimate of drug-likeness (QED) is 0.0315. The van der Waals surface area contributed by atoms with Gasteiger partial charge in [0.05, 0.1) is 0 Å². The van der Waals surface area contributed by atoms with Crippen LogP contribution in [0.2, 0.25) is 0 Å². The Balaban J connectivity index is 6.24. The summed E-state index contributed by atoms with van der Waals surface area (Å²) in [5.41, 5.74) is -1.38. The molecule has 0 rings (SSSR count). The van der Waals surface area contributed by atoms with E-state index in [1.807, 2.05) is 27.7 Å². The largest absolute Gasteiger partial charge is 0.465 e. The van der Waals surface area contributed by atoms with E-state index < -0.39 is 29.3 Å². The highest BCUT2D eigenvalue weighted by Crippen LogP contribution is 2.27. The molecule has 616 valence electrons. The molecule has 4 atom stereocenters. The molecule has 16 heteroatoms. The lowest BCUT2D eigenvalue weighted by atomic mass is 9.92. The SMILES string of the molecule is CCCCCCCCCC(CCCCCCCC(=O)OCC(COC(=O)CCCCCCCC(CCCCCCCCC)OC(=O)CC)(COC(=O)CCCCCCCC(CCCCCCCCC)OC(=O)CC)COC(=O)CCCCCCCC(CCCCCCCCC)OC(=O)CC)OC(=O)CC. The zero-order valence-corrected chi connectivity index (χ0v) is 69.4. The van der Waals surface area contributed by atoms with E-state index in [-0.39, 0.29) is 100 Å². The van der Waals surface area contributed by atoms with Crippen LogP contribution in [-0.4, -0.2) is 98.6 Å². The molecule has 0 N–H and O–H groups in total. The molecule has 0 bridgehead atoms. The van der Waals surface area contributed by atoms with E-state index in [1.165, 1.54) is 128 Å². The van der Waals surface area contributed by atoms with Gasteiger partial charge in [-0.3, -0.25) is 38.4 Å². The van der Waals surface area contributed by atoms with Crippen LogP contribution in [0.1, 0.15) is 466 Å². The standard InChI is InChI=1S/C89H164O16/c1-9-17-21-25-29-37-49-61-77(102-81(90)13-5)65-53-41-33-45-57-69-85(94)98-73-89(74-99-86(95)70-58-46-34-42-54-66-78(103-82(91)14-6)62-50-38-30-26-22-18-10-2,75-100-87(96)71-59-47-35-43-55-67-79(104-83(92)15-7)63-51-39-31-27-23-19-11-3)76-101-88(97)72-60-48-36-44-56-68-80(105-84(93)16-8)64-52-40-32-28-24-20-12-4/h77-80H,9-76H2,1-8H3. The average Bonchev–Trinajstić information content (AvgIpc) is 0.853. The van der Waals surface area contributed by atoms with Gasteiger partial charge in [-0.15, -0.1) is 0 Å². The molecule has 0 spiro atoms. The molecule has 0 saturated carbocycles. The van der Waals surface area contributed by atoms with Crippen molar-refractivity contribution in [3.8, 4) is 0 Å². The first kappa shape index (κ1) is 101. The van der Waals surface area contributed by atoms with Crippen LogP contribution in [-0.2, 0) is 76.3 Å². The minimum Gasteiger partial charge on any atom is -0.465 e. The zero-order chi connectivity index (χ0) is 77.2. The van der Waals surface area contributed by atoms with Crippen LogP contribution in [0.4, 0.5) is 0 Å². The van der Waals surface area contributed by atoms with Crippen molar-refractivity contribution in [2.45, 2.75) is 491 Å². The fraction of sp³-hybridized carbons (Fsp3) is 0.910. The minimum atomic E-state index is -1.38. The van der Waals surface area contributed by atoms with Crippen LogP contribution < -0.4 is 0 Å². The van der Waals surface area contributed by atoms with Gasteiger partial charge in [0.15, 0.2) is 0 Å². The Morgan fingerprint density at radius 3 is 0.486 bits per heavy atom. The van der Waals surface area contributed by atoms with Gasteiger partial charge < -0.3 is 37.9 Å². The van der Waals surface area contributed by atoms with Gasteiger partial charge in [-0.25, -0.2) is 0 Å². The summed E-state index contributed by atoms with van der Waals surface area (Å²) in [6.07, 6.45) is 59.2. The lowest BCUT2D eigenvalue weighted by Crippen LogP contribution is -2.44. The molecule has 0 aromatic rings. The summed E-state index contributed by atoms with van der Waals surface area (Å²) >= 11 is 0. The molecule has 0 radical (unpaired) electrons. The summed E-state index contributed by atoms with van der Waals surface area (Å²) in [4.78, 5) is 104. The second kappa shape index (κ2) is 75.2. The highest BCUT2D eigenvalue weighted by Gasteiger charge is 2.38. The van der Waals surface area contributed by atoms with E-state index in [2.05, 4.69) is 27.7 Å². The molecule has 105 heavy (non-hydrogen) atoms. The van der Waals surface area contributed by atoms with Gasteiger partial charge in [0, 0.05) is 51.4 Å². The summed E-state index contributed by atoms with van der Waals surface area (Å²) in [6, 6.07) is 0. The van der Waals surface area contributed by atoms with Crippen LogP contribution in [0.5, 0.6) is 0 Å². The maximum absolute atomic E-state index is 13.7. The maximum atomic E-state index is 13.7. The predicted octanol–water partition coefficient (Wildman–Crippen LogP) is 24.9. The summed E-state index contributed by atoms with van der Waals surface area (Å²) < 4.78 is 47.4. The monoisotopic (exact) mass is 1490 g/mol. The fourth-order valence-corrected chi connectivity index (χ4v) is 13.6. The molecule has 0 aliphatic rings. The Morgan fingerprint density at radius 1 is 0.190 bits per heavy atom. The van der Waals surface area contributed by atoms with Crippen LogP contribution in [0.3, 0.4) is 0 Å². The zero-order valence-electron chi connectivity index (χ0n) is 69.4. The normalized spacial score (nSPS) is 13.1. The van der Waals surface area contributed by atoms with Crippen molar-refractivity contribution >= 4 is 47.8 Å². The lowest BCUT2D eigenvalue weighted by molar-refractivity contribution is -0.171. The Kier molecular flexibility index (Phi) is 72.2. The molecule has 0 heterocycles. The summed E-state index contributed by atoms with van der Waals surface area (Å²) in [6.45, 7) is 15.0. The van der Waals surface area contributed by atoms with Crippen LogP contribution >= 0.6 is 0 Å². The topological polar surface area (TPSA) is 210 Å². The Bertz CT molecular complexity index is 1780. The third-order valence-corrected chi connectivity index (χ3v) is 20.7. The molecule has 0 aliphatic heterocycles. The van der Waals surface area contributed by atoms with Crippen molar-refractivity contribution in [3.63, 3.8) is 0 Å². The number of rotatable bonds is 80. The smallest absolute Gasteiger partial charge is 0.305 e. The number of ether oxygens (including phenoxy) is 8. The van der Waals surface area contributed by atoms with Crippen molar-refractivity contribution < 1.29 is 76.3 Å². The fourth-order valence-electron chi connectivity index (χ4n) is 13.6. The van der Waals surface area contributed by atoms with Gasteiger partial charge in [-0.1, -0.05) is 287 Å². The Morgan fingerprint density at radius 2 is 0.333 bits per heavy atom. The Labute approximate surface area is 643 Å². The lowest BCUT2D eigenvalue weighted by Gasteiger charge is -2.31. The van der Waals surface area contributed by atoms with E-state index in [4.69, 9.17) is 37.9 Å². The third kappa shape index (κ3) is 66.5. The van der Waals surface area contributed by atoms with Crippen molar-refractivity contribution in [1.82, 2.24) is 0 Å². The molecule has 4 unspecified atom stereocenters. The number of unbranched alkanes of at least 4 members (excludes halogenated alkanes) is 40. The van der Waals surface area contributed by atoms with Gasteiger partial charge in [0.1, 0.15) is 56.3 Å². The Hall–Kier alpha value is -4.24.